The summed E-state index contributed by atoms with van der Waals surface area (Å²) in [4.78, 5) is 37.1. The molecule has 0 aliphatic carbocycles. The molecule has 3 aromatic heterocycles. The summed E-state index contributed by atoms with van der Waals surface area (Å²) >= 11 is 0. The van der Waals surface area contributed by atoms with Gasteiger partial charge in [-0.3, -0.25) is 20.2 Å². The van der Waals surface area contributed by atoms with Gasteiger partial charge < -0.3 is 9.97 Å². The van der Waals surface area contributed by atoms with Gasteiger partial charge >= 0.3 is 11.4 Å². The lowest BCUT2D eigenvalue weighted by Crippen LogP contribution is -1.96. The van der Waals surface area contributed by atoms with Gasteiger partial charge in [-0.1, -0.05) is 0 Å². The Morgan fingerprint density at radius 1 is 0.667 bits per heavy atom. The minimum Gasteiger partial charge on any atom is -0.355 e. The predicted molar refractivity (Wildman–Crippen MR) is 112 cm³/mol. The van der Waals surface area contributed by atoms with Crippen molar-refractivity contribution in [2.24, 2.45) is 0 Å². The van der Waals surface area contributed by atoms with Gasteiger partial charge in [0.1, 0.15) is 22.6 Å². The van der Waals surface area contributed by atoms with Crippen LogP contribution in [0.5, 0.6) is 0 Å². The van der Waals surface area contributed by atoms with Crippen molar-refractivity contribution in [3.8, 4) is 0 Å². The van der Waals surface area contributed by atoms with Gasteiger partial charge in [-0.05, 0) is 60.7 Å². The third-order valence-corrected chi connectivity index (χ3v) is 4.70. The normalized spacial score (nSPS) is 12.3. The molecule has 0 atom stereocenters. The summed E-state index contributed by atoms with van der Waals surface area (Å²) in [5.74, 6) is 0. The Kier molecular flexibility index (Phi) is 3.78. The maximum absolute atomic E-state index is 11.8. The van der Waals surface area contributed by atoms with Crippen LogP contribution in [0.1, 0.15) is 22.8 Å². The molecule has 0 saturated carbocycles. The zero-order valence-electron chi connectivity index (χ0n) is 15.2. The number of fused-ring (bicyclic) bond motifs is 8. The molecule has 0 aromatic carbocycles. The van der Waals surface area contributed by atoms with E-state index in [2.05, 4.69) is 19.9 Å². The van der Waals surface area contributed by atoms with Crippen molar-refractivity contribution in [1.82, 2.24) is 19.9 Å². The zero-order chi connectivity index (χ0) is 20.8. The van der Waals surface area contributed by atoms with Crippen LogP contribution in [-0.4, -0.2) is 29.8 Å². The topological polar surface area (TPSA) is 144 Å². The lowest BCUT2D eigenvalue weighted by Gasteiger charge is -1.94. The van der Waals surface area contributed by atoms with E-state index in [0.717, 1.165) is 11.0 Å². The molecule has 5 rings (SSSR count). The van der Waals surface area contributed by atoms with Gasteiger partial charge in [-0.25, -0.2) is 9.97 Å². The third kappa shape index (κ3) is 2.92. The van der Waals surface area contributed by atoms with E-state index in [-0.39, 0.29) is 34.0 Å². The van der Waals surface area contributed by atoms with E-state index >= 15 is 0 Å². The van der Waals surface area contributed by atoms with Gasteiger partial charge in [0.15, 0.2) is 0 Å². The lowest BCUT2D eigenvalue weighted by molar-refractivity contribution is -0.385. The molecule has 0 radical (unpaired) electrons. The van der Waals surface area contributed by atoms with Crippen molar-refractivity contribution < 1.29 is 9.85 Å². The summed E-state index contributed by atoms with van der Waals surface area (Å²) in [5, 5.41) is 23.5. The van der Waals surface area contributed by atoms with Crippen LogP contribution in [0.15, 0.2) is 36.4 Å². The summed E-state index contributed by atoms with van der Waals surface area (Å²) in [7, 11) is 0. The molecule has 0 saturated heterocycles. The predicted octanol–water partition coefficient (Wildman–Crippen LogP) is 4.47. The molecule has 5 heterocycles. The van der Waals surface area contributed by atoms with Crippen LogP contribution in [0, 0.1) is 20.2 Å². The molecule has 0 unspecified atom stereocenters. The number of hydrogen-bond acceptors (Lipinski definition) is 6. The Balaban J connectivity index is 1.96. The second-order valence-corrected chi connectivity index (χ2v) is 6.67. The van der Waals surface area contributed by atoms with Gasteiger partial charge in [0.2, 0.25) is 0 Å². The Morgan fingerprint density at radius 3 is 1.97 bits per heavy atom. The van der Waals surface area contributed by atoms with Crippen molar-refractivity contribution in [3.05, 3.63) is 79.4 Å². The molecule has 2 aliphatic rings. The van der Waals surface area contributed by atoms with Crippen molar-refractivity contribution in [3.63, 3.8) is 0 Å². The second kappa shape index (κ2) is 6.48. The highest BCUT2D eigenvalue weighted by Crippen LogP contribution is 2.31. The Bertz CT molecular complexity index is 1460. The molecular formula is C20H12N6O4. The lowest BCUT2D eigenvalue weighted by atomic mass is 10.2. The maximum Gasteiger partial charge on any atom is 0.320 e. The van der Waals surface area contributed by atoms with E-state index in [0.29, 0.717) is 11.2 Å². The Hall–Kier alpha value is -4.60. The van der Waals surface area contributed by atoms with Crippen molar-refractivity contribution >= 4 is 57.7 Å². The Morgan fingerprint density at radius 2 is 1.23 bits per heavy atom. The minimum absolute atomic E-state index is 0.00611. The first-order chi connectivity index (χ1) is 14.5. The number of nitrogens with one attached hydrogen (secondary N) is 2. The minimum atomic E-state index is -0.582. The molecule has 30 heavy (non-hydrogen) atoms. The summed E-state index contributed by atoms with van der Waals surface area (Å²) in [6.45, 7) is 0. The highest BCUT2D eigenvalue weighted by Gasteiger charge is 2.25. The number of aromatic nitrogens is 4. The van der Waals surface area contributed by atoms with Crippen molar-refractivity contribution in [2.75, 3.05) is 0 Å². The van der Waals surface area contributed by atoms with E-state index in [1.165, 1.54) is 18.2 Å². The molecule has 10 nitrogen and oxygen atoms in total. The molecule has 10 heteroatoms. The molecule has 2 aliphatic heterocycles. The first-order valence-electron chi connectivity index (χ1n) is 8.87. The largest absolute Gasteiger partial charge is 0.355 e. The van der Waals surface area contributed by atoms with Gasteiger partial charge in [0.25, 0.3) is 0 Å². The number of nitrogens with zero attached hydrogens (tertiary/aromatic N) is 4. The van der Waals surface area contributed by atoms with Crippen molar-refractivity contribution in [2.45, 2.75) is 0 Å². The van der Waals surface area contributed by atoms with E-state index in [1.54, 1.807) is 24.3 Å². The number of rotatable bonds is 2. The second-order valence-electron chi connectivity index (χ2n) is 6.67. The number of hydrogen-bond donors (Lipinski definition) is 2. The average Bonchev–Trinajstić information content (AvgIpc) is 3.46. The number of aromatic amines is 2. The summed E-state index contributed by atoms with van der Waals surface area (Å²) in [6.07, 6.45) is 5.98. The molecule has 0 spiro atoms. The monoisotopic (exact) mass is 400 g/mol. The van der Waals surface area contributed by atoms with Gasteiger partial charge in [0.05, 0.1) is 15.5 Å². The summed E-state index contributed by atoms with van der Waals surface area (Å²) < 4.78 is 0. The first-order valence-corrected chi connectivity index (χ1v) is 8.87. The Labute approximate surface area is 167 Å². The molecular weight excluding hydrogens is 388 g/mol. The highest BCUT2D eigenvalue weighted by atomic mass is 16.6. The summed E-state index contributed by atoms with van der Waals surface area (Å²) in [6, 6.07) is 10.6. The average molecular weight is 400 g/mol. The van der Waals surface area contributed by atoms with Crippen LogP contribution >= 0.6 is 0 Å². The maximum atomic E-state index is 11.8. The first kappa shape index (κ1) is 17.5. The standard InChI is InChI=1S/C20H12N6O4/c27-25(28)19-15-5-3-13(22-15)9-11-1-2-12(21-11)10-14-4-6-16(23-14)20(26(29)30)18-8-7-17(19)24-18/h1-10,21-22H. The molecule has 146 valence electrons. The fourth-order valence-electron chi connectivity index (χ4n) is 3.42. The van der Waals surface area contributed by atoms with Crippen LogP contribution in [0.4, 0.5) is 11.4 Å². The highest BCUT2D eigenvalue weighted by molar-refractivity contribution is 5.86. The van der Waals surface area contributed by atoms with Crippen molar-refractivity contribution in [1.29, 1.82) is 0 Å². The molecule has 2 N–H and O–H groups in total. The SMILES string of the molecule is O=[N+]([O-])c1c2nc(cc3ccc(cc4ccc([nH]4)c([N+](=O)[O-])c4nc1C=C4)[nH]3)C=C2. The zero-order valence-corrected chi connectivity index (χ0v) is 15.2. The van der Waals surface area contributed by atoms with E-state index in [9.17, 15) is 20.2 Å². The van der Waals surface area contributed by atoms with Crippen LogP contribution in [0.25, 0.3) is 46.4 Å². The molecule has 8 bridgehead atoms. The molecule has 0 amide bonds. The molecule has 0 fully saturated rings. The van der Waals surface area contributed by atoms with Crippen LogP contribution in [0.2, 0.25) is 0 Å². The van der Waals surface area contributed by atoms with Gasteiger partial charge in [0, 0.05) is 16.6 Å². The quantitative estimate of drug-likeness (QED) is 0.330. The van der Waals surface area contributed by atoms with Crippen LogP contribution in [0.3, 0.4) is 0 Å². The van der Waals surface area contributed by atoms with Gasteiger partial charge in [-0.2, -0.15) is 0 Å². The van der Waals surface area contributed by atoms with Gasteiger partial charge in [-0.15, -0.1) is 0 Å². The van der Waals surface area contributed by atoms with Crippen LogP contribution < -0.4 is 0 Å². The van der Waals surface area contributed by atoms with Crippen LogP contribution in [-0.2, 0) is 0 Å². The molecule has 3 aromatic rings. The van der Waals surface area contributed by atoms with E-state index < -0.39 is 9.85 Å². The van der Waals surface area contributed by atoms with E-state index in [1.807, 2.05) is 18.2 Å². The van der Waals surface area contributed by atoms with E-state index in [4.69, 9.17) is 0 Å². The number of H-pyrrole nitrogens is 2. The number of nitro groups is 2. The third-order valence-electron chi connectivity index (χ3n) is 4.70. The smallest absolute Gasteiger partial charge is 0.320 e. The summed E-state index contributed by atoms with van der Waals surface area (Å²) in [5.41, 5.74) is 2.56. The fraction of sp³-hybridized carbons (Fsp3) is 0. The fourth-order valence-corrected chi connectivity index (χ4v) is 3.42.